The van der Waals surface area contributed by atoms with E-state index in [0.717, 1.165) is 5.69 Å². The number of aromatic nitrogens is 1. The van der Waals surface area contributed by atoms with E-state index in [0.29, 0.717) is 5.56 Å². The zero-order chi connectivity index (χ0) is 18.6. The van der Waals surface area contributed by atoms with Crippen molar-refractivity contribution in [2.45, 2.75) is 5.75 Å². The molecule has 0 spiro atoms. The minimum Gasteiger partial charge on any atom is -1.00 e. The molecule has 0 bridgehead atoms. The number of halogens is 1. The molecule has 0 aliphatic heterocycles. The summed E-state index contributed by atoms with van der Waals surface area (Å²) in [5, 5.41) is 10.6. The summed E-state index contributed by atoms with van der Waals surface area (Å²) in [6, 6.07) is 17.7. The predicted octanol–water partition coefficient (Wildman–Crippen LogP) is -0.216. The molecule has 0 saturated heterocycles. The first kappa shape index (κ1) is 20.5. The van der Waals surface area contributed by atoms with Crippen molar-refractivity contribution in [3.8, 4) is 11.4 Å². The maximum Gasteiger partial charge on any atom is 0.313 e. The monoisotopic (exact) mass is 450 g/mol. The van der Waals surface area contributed by atoms with Crippen molar-refractivity contribution in [2.75, 3.05) is 0 Å². The van der Waals surface area contributed by atoms with Crippen LogP contribution in [0, 0.1) is 10.1 Å². The van der Waals surface area contributed by atoms with Crippen molar-refractivity contribution in [3.05, 3.63) is 94.8 Å². The highest BCUT2D eigenvalue weighted by atomic mass is 79.9. The molecule has 0 atom stereocenters. The summed E-state index contributed by atoms with van der Waals surface area (Å²) in [4.78, 5) is 10.0. The van der Waals surface area contributed by atoms with Gasteiger partial charge in [0.05, 0.1) is 4.92 Å². The van der Waals surface area contributed by atoms with Gasteiger partial charge in [-0.25, -0.2) is 0 Å². The van der Waals surface area contributed by atoms with Crippen LogP contribution in [0.15, 0.2) is 79.1 Å². The third-order valence-electron chi connectivity index (χ3n) is 3.56. The SMILES string of the molecule is O=[N+]([O-])c1ccc(OS(=O)(=O)Cc2ccc(-[n+]3ccccc3)cc2)cc1.[Br-]. The molecular weight excluding hydrogens is 436 g/mol. The lowest BCUT2D eigenvalue weighted by atomic mass is 10.2. The van der Waals surface area contributed by atoms with Crippen molar-refractivity contribution in [1.82, 2.24) is 0 Å². The molecule has 0 saturated carbocycles. The van der Waals surface area contributed by atoms with Gasteiger partial charge in [0, 0.05) is 36.4 Å². The van der Waals surface area contributed by atoms with Gasteiger partial charge in [-0.05, 0) is 17.7 Å². The van der Waals surface area contributed by atoms with Gasteiger partial charge in [-0.1, -0.05) is 18.2 Å². The van der Waals surface area contributed by atoms with Gasteiger partial charge in [-0.15, -0.1) is 0 Å². The fourth-order valence-corrected chi connectivity index (χ4v) is 3.40. The number of hydrogen-bond acceptors (Lipinski definition) is 5. The molecule has 2 aromatic carbocycles. The summed E-state index contributed by atoms with van der Waals surface area (Å²) in [6.07, 6.45) is 3.78. The average molecular weight is 451 g/mol. The molecule has 0 radical (unpaired) electrons. The van der Waals surface area contributed by atoms with E-state index in [2.05, 4.69) is 0 Å². The molecular formula is C18H15BrN2O5S. The van der Waals surface area contributed by atoms with E-state index in [9.17, 15) is 18.5 Å². The highest BCUT2D eigenvalue weighted by molar-refractivity contribution is 7.86. The van der Waals surface area contributed by atoms with Crippen LogP contribution in [0.25, 0.3) is 5.69 Å². The summed E-state index contributed by atoms with van der Waals surface area (Å²) in [6.45, 7) is 0. The number of non-ortho nitro benzene ring substituents is 1. The maximum absolute atomic E-state index is 12.2. The average Bonchev–Trinajstić information content (AvgIpc) is 2.63. The van der Waals surface area contributed by atoms with Crippen LogP contribution in [0.3, 0.4) is 0 Å². The van der Waals surface area contributed by atoms with Crippen LogP contribution in [0.2, 0.25) is 0 Å². The molecule has 1 heterocycles. The van der Waals surface area contributed by atoms with Gasteiger partial charge in [0.1, 0.15) is 11.5 Å². The lowest BCUT2D eigenvalue weighted by Crippen LogP contribution is -3.00. The van der Waals surface area contributed by atoms with Crippen molar-refractivity contribution < 1.29 is 39.1 Å². The molecule has 0 fully saturated rings. The topological polar surface area (TPSA) is 90.4 Å². The fraction of sp³-hybridized carbons (Fsp3) is 0.0556. The van der Waals surface area contributed by atoms with Gasteiger partial charge in [0.25, 0.3) is 5.69 Å². The number of nitrogens with zero attached hydrogens (tertiary/aromatic N) is 2. The third kappa shape index (κ3) is 5.60. The second kappa shape index (κ2) is 8.74. The van der Waals surface area contributed by atoms with E-state index in [-0.39, 0.29) is 34.2 Å². The smallest absolute Gasteiger partial charge is 0.313 e. The Morgan fingerprint density at radius 3 is 2.07 bits per heavy atom. The Kier molecular flexibility index (Phi) is 6.65. The predicted molar refractivity (Wildman–Crippen MR) is 94.3 cm³/mol. The highest BCUT2D eigenvalue weighted by Gasteiger charge is 2.16. The van der Waals surface area contributed by atoms with Crippen LogP contribution in [0.1, 0.15) is 5.56 Å². The summed E-state index contributed by atoms with van der Waals surface area (Å²) in [7, 11) is -3.87. The quantitative estimate of drug-likeness (QED) is 0.224. The van der Waals surface area contributed by atoms with Gasteiger partial charge < -0.3 is 21.2 Å². The molecule has 0 aliphatic rings. The highest BCUT2D eigenvalue weighted by Crippen LogP contribution is 2.20. The minimum absolute atomic E-state index is 0. The number of nitro groups is 1. The van der Waals surface area contributed by atoms with Crippen molar-refractivity contribution in [3.63, 3.8) is 0 Å². The summed E-state index contributed by atoms with van der Waals surface area (Å²) in [5.74, 6) is -0.268. The van der Waals surface area contributed by atoms with Gasteiger partial charge in [-0.3, -0.25) is 10.1 Å². The first-order valence-corrected chi connectivity index (χ1v) is 9.23. The standard InChI is InChI=1S/C18H15N2O5S.BrH/c21-20(22)17-8-10-18(11-9-17)25-26(23,24)14-15-4-6-16(7-5-15)19-12-2-1-3-13-19;/h1-13H,14H2;1H/q+1;/p-1. The molecule has 3 rings (SSSR count). The molecule has 9 heteroatoms. The summed E-state index contributed by atoms with van der Waals surface area (Å²) in [5.41, 5.74) is 1.35. The Hall–Kier alpha value is -2.78. The molecule has 0 unspecified atom stereocenters. The second-order valence-corrected chi connectivity index (χ2v) is 7.06. The van der Waals surface area contributed by atoms with E-state index in [4.69, 9.17) is 4.18 Å². The van der Waals surface area contributed by atoms with Crippen molar-refractivity contribution >= 4 is 15.8 Å². The number of benzene rings is 2. The van der Waals surface area contributed by atoms with Gasteiger partial charge in [0.15, 0.2) is 12.4 Å². The van der Waals surface area contributed by atoms with E-state index < -0.39 is 15.0 Å². The number of hydrogen-bond donors (Lipinski definition) is 0. The largest absolute Gasteiger partial charge is 1.00 e. The Morgan fingerprint density at radius 1 is 0.926 bits per heavy atom. The molecule has 0 aliphatic carbocycles. The third-order valence-corrected chi connectivity index (χ3v) is 4.70. The Balaban J connectivity index is 0.00000261. The molecule has 140 valence electrons. The van der Waals surface area contributed by atoms with Gasteiger partial charge >= 0.3 is 10.1 Å². The zero-order valence-corrected chi connectivity index (χ0v) is 16.3. The van der Waals surface area contributed by atoms with Crippen molar-refractivity contribution in [2.24, 2.45) is 0 Å². The van der Waals surface area contributed by atoms with Crippen molar-refractivity contribution in [1.29, 1.82) is 0 Å². The first-order chi connectivity index (χ1) is 12.4. The molecule has 7 nitrogen and oxygen atoms in total. The zero-order valence-electron chi connectivity index (χ0n) is 13.9. The fourth-order valence-electron chi connectivity index (χ4n) is 2.34. The summed E-state index contributed by atoms with van der Waals surface area (Å²) < 4.78 is 31.3. The van der Waals surface area contributed by atoms with Crippen LogP contribution >= 0.6 is 0 Å². The normalized spacial score (nSPS) is 10.7. The molecule has 0 amide bonds. The van der Waals surface area contributed by atoms with E-state index in [1.165, 1.54) is 24.3 Å². The Morgan fingerprint density at radius 2 is 1.52 bits per heavy atom. The second-order valence-electron chi connectivity index (χ2n) is 5.49. The maximum atomic E-state index is 12.2. The van der Waals surface area contributed by atoms with Gasteiger partial charge in [0.2, 0.25) is 5.69 Å². The van der Waals surface area contributed by atoms with E-state index in [1.807, 2.05) is 47.3 Å². The van der Waals surface area contributed by atoms with Crippen LogP contribution < -0.4 is 25.7 Å². The van der Waals surface area contributed by atoms with Crippen LogP contribution in [0.4, 0.5) is 5.69 Å². The number of nitro benzene ring substituents is 1. The van der Waals surface area contributed by atoms with Crippen LogP contribution in [-0.4, -0.2) is 13.3 Å². The molecule has 3 aromatic rings. The Bertz CT molecular complexity index is 1010. The minimum atomic E-state index is -3.87. The van der Waals surface area contributed by atoms with E-state index >= 15 is 0 Å². The van der Waals surface area contributed by atoms with E-state index in [1.54, 1.807) is 12.1 Å². The first-order valence-electron chi connectivity index (χ1n) is 7.65. The lowest BCUT2D eigenvalue weighted by Gasteiger charge is -2.07. The number of rotatable bonds is 6. The van der Waals surface area contributed by atoms with Crippen LogP contribution in [0.5, 0.6) is 5.75 Å². The molecule has 1 aromatic heterocycles. The lowest BCUT2D eigenvalue weighted by molar-refractivity contribution is -0.595. The van der Waals surface area contributed by atoms with Gasteiger partial charge in [-0.2, -0.15) is 13.0 Å². The van der Waals surface area contributed by atoms with Crippen LogP contribution in [-0.2, 0) is 15.9 Å². The molecule has 0 N–H and O–H groups in total. The summed E-state index contributed by atoms with van der Waals surface area (Å²) >= 11 is 0. The number of pyridine rings is 1. The Labute approximate surface area is 166 Å². The molecule has 27 heavy (non-hydrogen) atoms.